The zero-order chi connectivity index (χ0) is 17.8. The molecule has 2 aromatic rings. The number of amides is 1. The summed E-state index contributed by atoms with van der Waals surface area (Å²) in [7, 11) is 1.67. The Hall–Kier alpha value is -2.34. The van der Waals surface area contributed by atoms with Crippen LogP contribution in [0.3, 0.4) is 0 Å². The van der Waals surface area contributed by atoms with Gasteiger partial charge in [-0.1, -0.05) is 12.1 Å². The van der Waals surface area contributed by atoms with Gasteiger partial charge in [0, 0.05) is 26.4 Å². The number of rotatable bonds is 4. The lowest BCUT2D eigenvalue weighted by molar-refractivity contribution is -0.00702. The second kappa shape index (κ2) is 7.70. The van der Waals surface area contributed by atoms with Crippen molar-refractivity contribution >= 4 is 5.91 Å². The van der Waals surface area contributed by atoms with Crippen LogP contribution in [0, 0.1) is 18.7 Å². The van der Waals surface area contributed by atoms with Gasteiger partial charge in [0.2, 0.25) is 0 Å². The number of piperidine rings is 1. The number of hydrogen-bond donors (Lipinski definition) is 0. The molecule has 1 fully saturated rings. The summed E-state index contributed by atoms with van der Waals surface area (Å²) < 4.78 is 18.7. The highest BCUT2D eigenvalue weighted by Crippen LogP contribution is 2.25. The summed E-state index contributed by atoms with van der Waals surface area (Å²) in [6.45, 7) is 3.01. The van der Waals surface area contributed by atoms with E-state index in [1.54, 1.807) is 18.2 Å². The van der Waals surface area contributed by atoms with E-state index in [1.165, 1.54) is 18.5 Å². The molecule has 5 nitrogen and oxygen atoms in total. The molecule has 0 unspecified atom stereocenters. The number of aromatic nitrogens is 2. The molecule has 1 aromatic carbocycles. The largest absolute Gasteiger partial charge is 0.379 e. The Labute approximate surface area is 146 Å². The van der Waals surface area contributed by atoms with Crippen molar-refractivity contribution in [3.8, 4) is 0 Å². The van der Waals surface area contributed by atoms with Gasteiger partial charge >= 0.3 is 0 Å². The van der Waals surface area contributed by atoms with Crippen LogP contribution in [0.4, 0.5) is 4.39 Å². The van der Waals surface area contributed by atoms with E-state index in [1.807, 2.05) is 19.1 Å². The van der Waals surface area contributed by atoms with E-state index in [-0.39, 0.29) is 17.8 Å². The normalized spacial score (nSPS) is 20.5. The minimum atomic E-state index is -0.229. The average molecular weight is 343 g/mol. The number of hydrogen-bond acceptors (Lipinski definition) is 4. The van der Waals surface area contributed by atoms with E-state index in [4.69, 9.17) is 4.74 Å². The molecule has 3 rings (SSSR count). The number of nitrogens with zero attached hydrogens (tertiary/aromatic N) is 3. The second-order valence-electron chi connectivity index (χ2n) is 6.43. The van der Waals surface area contributed by atoms with Crippen molar-refractivity contribution in [3.05, 3.63) is 59.4 Å². The quantitative estimate of drug-likeness (QED) is 0.856. The Bertz CT molecular complexity index is 736. The molecular weight excluding hydrogens is 321 g/mol. The van der Waals surface area contributed by atoms with E-state index in [9.17, 15) is 9.18 Å². The fraction of sp³-hybridized carbons (Fsp3) is 0.421. The molecule has 2 atom stereocenters. The first kappa shape index (κ1) is 17.5. The highest BCUT2D eigenvalue weighted by molar-refractivity contribution is 5.95. The smallest absolute Gasteiger partial charge is 0.257 e. The standard InChI is InChI=1S/C19H22FN3O2/c1-13-17(10-21-12-22-13)19(24)23-8-7-15(18(11-23)25-2)9-14-3-5-16(20)6-4-14/h3-6,10,12,15,18H,7-9,11H2,1-2H3/t15-,18+/m1/s1. The van der Waals surface area contributed by atoms with E-state index in [2.05, 4.69) is 9.97 Å². The molecule has 0 spiro atoms. The first-order valence-electron chi connectivity index (χ1n) is 8.41. The number of likely N-dealkylation sites (tertiary alicyclic amines) is 1. The van der Waals surface area contributed by atoms with Gasteiger partial charge in [-0.05, 0) is 43.4 Å². The summed E-state index contributed by atoms with van der Waals surface area (Å²) in [5, 5.41) is 0. The second-order valence-corrected chi connectivity index (χ2v) is 6.43. The van der Waals surface area contributed by atoms with Crippen LogP contribution in [0.1, 0.15) is 28.0 Å². The Balaban J connectivity index is 1.68. The van der Waals surface area contributed by atoms with Crippen molar-refractivity contribution in [1.82, 2.24) is 14.9 Å². The Kier molecular flexibility index (Phi) is 5.38. The van der Waals surface area contributed by atoms with Crippen LogP contribution in [0.15, 0.2) is 36.8 Å². The summed E-state index contributed by atoms with van der Waals surface area (Å²) in [5.41, 5.74) is 2.30. The molecule has 6 heteroatoms. The lowest BCUT2D eigenvalue weighted by Gasteiger charge is -2.38. The molecule has 1 aliphatic heterocycles. The third-order valence-electron chi connectivity index (χ3n) is 4.84. The van der Waals surface area contributed by atoms with Crippen LogP contribution < -0.4 is 0 Å². The van der Waals surface area contributed by atoms with Gasteiger partial charge in [-0.3, -0.25) is 4.79 Å². The molecule has 25 heavy (non-hydrogen) atoms. The predicted octanol–water partition coefficient (Wildman–Crippen LogP) is 2.64. The minimum absolute atomic E-state index is 0.0484. The van der Waals surface area contributed by atoms with E-state index < -0.39 is 0 Å². The molecule has 0 aliphatic carbocycles. The maximum absolute atomic E-state index is 13.1. The molecule has 0 N–H and O–H groups in total. The maximum Gasteiger partial charge on any atom is 0.257 e. The Morgan fingerprint density at radius 3 is 2.80 bits per heavy atom. The summed E-state index contributed by atoms with van der Waals surface area (Å²) in [6.07, 6.45) is 4.62. The van der Waals surface area contributed by atoms with Crippen LogP contribution >= 0.6 is 0 Å². The first-order valence-corrected chi connectivity index (χ1v) is 8.41. The van der Waals surface area contributed by atoms with Gasteiger partial charge in [-0.15, -0.1) is 0 Å². The van der Waals surface area contributed by atoms with Gasteiger partial charge in [0.05, 0.1) is 17.4 Å². The number of carbonyl (C=O) groups is 1. The van der Waals surface area contributed by atoms with Crippen molar-refractivity contribution in [2.24, 2.45) is 5.92 Å². The molecule has 1 aromatic heterocycles. The molecule has 1 saturated heterocycles. The number of carbonyl (C=O) groups excluding carboxylic acids is 1. The number of methoxy groups -OCH3 is 1. The van der Waals surface area contributed by atoms with Crippen LogP contribution in [-0.2, 0) is 11.2 Å². The molecule has 0 bridgehead atoms. The summed E-state index contributed by atoms with van der Waals surface area (Å²) in [5.74, 6) is 0.0147. The van der Waals surface area contributed by atoms with Crippen LogP contribution in [-0.4, -0.2) is 47.1 Å². The number of ether oxygens (including phenoxy) is 1. The highest BCUT2D eigenvalue weighted by atomic mass is 19.1. The predicted molar refractivity (Wildman–Crippen MR) is 91.7 cm³/mol. The monoisotopic (exact) mass is 343 g/mol. The third kappa shape index (κ3) is 4.02. The molecule has 1 aliphatic rings. The number of benzene rings is 1. The molecule has 132 valence electrons. The molecule has 1 amide bonds. The van der Waals surface area contributed by atoms with Gasteiger partial charge in [-0.2, -0.15) is 0 Å². The summed E-state index contributed by atoms with van der Waals surface area (Å²) >= 11 is 0. The fourth-order valence-corrected chi connectivity index (χ4v) is 3.34. The van der Waals surface area contributed by atoms with Crippen LogP contribution in [0.5, 0.6) is 0 Å². The zero-order valence-corrected chi connectivity index (χ0v) is 14.5. The minimum Gasteiger partial charge on any atom is -0.379 e. The molecule has 2 heterocycles. The van der Waals surface area contributed by atoms with Gasteiger partial charge in [-0.25, -0.2) is 14.4 Å². The Morgan fingerprint density at radius 1 is 1.36 bits per heavy atom. The van der Waals surface area contributed by atoms with E-state index >= 15 is 0 Å². The van der Waals surface area contributed by atoms with Gasteiger partial charge in [0.15, 0.2) is 0 Å². The van der Waals surface area contributed by atoms with Gasteiger partial charge < -0.3 is 9.64 Å². The van der Waals surface area contributed by atoms with Crippen LogP contribution in [0.25, 0.3) is 0 Å². The van der Waals surface area contributed by atoms with Gasteiger partial charge in [0.1, 0.15) is 12.1 Å². The van der Waals surface area contributed by atoms with Crippen molar-refractivity contribution < 1.29 is 13.9 Å². The summed E-state index contributed by atoms with van der Waals surface area (Å²) in [4.78, 5) is 22.6. The topological polar surface area (TPSA) is 55.3 Å². The Morgan fingerprint density at radius 2 is 2.12 bits per heavy atom. The fourth-order valence-electron chi connectivity index (χ4n) is 3.34. The highest BCUT2D eigenvalue weighted by Gasteiger charge is 2.32. The molecule has 0 saturated carbocycles. The molecule has 0 radical (unpaired) electrons. The lowest BCUT2D eigenvalue weighted by atomic mass is 9.87. The first-order chi connectivity index (χ1) is 12.1. The van der Waals surface area contributed by atoms with Gasteiger partial charge in [0.25, 0.3) is 5.91 Å². The number of halogens is 1. The van der Waals surface area contributed by atoms with Crippen molar-refractivity contribution in [3.63, 3.8) is 0 Å². The summed E-state index contributed by atoms with van der Waals surface area (Å²) in [6, 6.07) is 6.58. The van der Waals surface area contributed by atoms with E-state index in [0.717, 1.165) is 18.4 Å². The van der Waals surface area contributed by atoms with Crippen LogP contribution in [0.2, 0.25) is 0 Å². The average Bonchev–Trinajstić information content (AvgIpc) is 2.64. The van der Waals surface area contributed by atoms with E-state index in [0.29, 0.717) is 30.3 Å². The van der Waals surface area contributed by atoms with Crippen molar-refractivity contribution in [2.45, 2.75) is 25.9 Å². The molecular formula is C19H22FN3O2. The maximum atomic E-state index is 13.1. The zero-order valence-electron chi connectivity index (χ0n) is 14.5. The number of aryl methyl sites for hydroxylation is 1. The third-order valence-corrected chi connectivity index (χ3v) is 4.84. The van der Waals surface area contributed by atoms with Crippen molar-refractivity contribution in [2.75, 3.05) is 20.2 Å². The SMILES string of the molecule is CO[C@H]1CN(C(=O)c2cncnc2C)CC[C@@H]1Cc1ccc(F)cc1. The lowest BCUT2D eigenvalue weighted by Crippen LogP contribution is -2.48. The van der Waals surface area contributed by atoms with Crippen molar-refractivity contribution in [1.29, 1.82) is 0 Å².